The van der Waals surface area contributed by atoms with Crippen LogP contribution in [-0.4, -0.2) is 16.6 Å². The zero-order valence-electron chi connectivity index (χ0n) is 8.71. The fraction of sp³-hybridized carbons (Fsp3) is 0.182. The molecule has 84 valence electrons. The normalized spacial score (nSPS) is 10.4. The van der Waals surface area contributed by atoms with Crippen molar-refractivity contribution in [3.05, 3.63) is 34.2 Å². The van der Waals surface area contributed by atoms with Crippen molar-refractivity contribution in [1.29, 1.82) is 0 Å². The van der Waals surface area contributed by atoms with Gasteiger partial charge in [-0.25, -0.2) is 0 Å². The van der Waals surface area contributed by atoms with Gasteiger partial charge in [-0.05, 0) is 37.3 Å². The van der Waals surface area contributed by atoms with Crippen LogP contribution in [0.3, 0.4) is 0 Å². The minimum absolute atomic E-state index is 0.597. The molecule has 3 nitrogen and oxygen atoms in total. The molecule has 0 saturated carbocycles. The Morgan fingerprint density at radius 3 is 2.81 bits per heavy atom. The molecule has 2 aromatic rings. The smallest absolute Gasteiger partial charge is 0.174 e. The highest BCUT2D eigenvalue weighted by Gasteiger charge is 2.05. The maximum absolute atomic E-state index is 6.09. The van der Waals surface area contributed by atoms with Gasteiger partial charge in [0.05, 0.1) is 17.3 Å². The van der Waals surface area contributed by atoms with Crippen LogP contribution in [0, 0.1) is 4.77 Å². The largest absolute Gasteiger partial charge is 0.492 e. The van der Waals surface area contributed by atoms with E-state index in [0.717, 1.165) is 11.3 Å². The Morgan fingerprint density at radius 1 is 1.44 bits per heavy atom. The van der Waals surface area contributed by atoms with Crippen LogP contribution in [0.2, 0.25) is 5.02 Å². The number of hydrogen-bond donors (Lipinski definition) is 2. The van der Waals surface area contributed by atoms with Gasteiger partial charge in [0.2, 0.25) is 0 Å². The first-order valence-electron chi connectivity index (χ1n) is 4.91. The summed E-state index contributed by atoms with van der Waals surface area (Å²) in [5, 5.41) is 0.597. The molecule has 0 bridgehead atoms. The lowest BCUT2D eigenvalue weighted by molar-refractivity contribution is 0.340. The Balaban J connectivity index is 2.37. The van der Waals surface area contributed by atoms with Crippen molar-refractivity contribution < 1.29 is 4.74 Å². The molecule has 0 saturated heterocycles. The lowest BCUT2D eigenvalue weighted by atomic mass is 10.1. The molecular formula is C11H11ClN2OS. The molecule has 1 heterocycles. The van der Waals surface area contributed by atoms with Gasteiger partial charge in [0, 0.05) is 11.8 Å². The second-order valence-corrected chi connectivity index (χ2v) is 4.05. The first kappa shape index (κ1) is 11.2. The van der Waals surface area contributed by atoms with E-state index in [1.165, 1.54) is 0 Å². The number of rotatable bonds is 3. The molecule has 0 aliphatic heterocycles. The Morgan fingerprint density at radius 2 is 2.25 bits per heavy atom. The van der Waals surface area contributed by atoms with E-state index in [2.05, 4.69) is 9.97 Å². The zero-order chi connectivity index (χ0) is 11.5. The first-order chi connectivity index (χ1) is 7.70. The van der Waals surface area contributed by atoms with Crippen LogP contribution in [-0.2, 0) is 0 Å². The van der Waals surface area contributed by atoms with Gasteiger partial charge in [0.1, 0.15) is 5.75 Å². The first-order valence-corrected chi connectivity index (χ1v) is 5.69. The summed E-state index contributed by atoms with van der Waals surface area (Å²) < 4.78 is 5.96. The van der Waals surface area contributed by atoms with Crippen LogP contribution in [0.25, 0.3) is 11.3 Å². The summed E-state index contributed by atoms with van der Waals surface area (Å²) in [7, 11) is 0. The van der Waals surface area contributed by atoms with E-state index in [9.17, 15) is 0 Å². The van der Waals surface area contributed by atoms with Gasteiger partial charge in [-0.3, -0.25) is 0 Å². The van der Waals surface area contributed by atoms with E-state index in [0.29, 0.717) is 22.2 Å². The third-order valence-electron chi connectivity index (χ3n) is 2.14. The predicted molar refractivity (Wildman–Crippen MR) is 67.6 cm³/mol. The Kier molecular flexibility index (Phi) is 3.31. The van der Waals surface area contributed by atoms with E-state index < -0.39 is 0 Å². The summed E-state index contributed by atoms with van der Waals surface area (Å²) in [6.45, 7) is 2.53. The van der Waals surface area contributed by atoms with Crippen LogP contribution in [0.4, 0.5) is 0 Å². The SMILES string of the molecule is CCOc1ccc(-c2c[nH]c(=S)[nH]2)cc1Cl. The maximum Gasteiger partial charge on any atom is 0.174 e. The second kappa shape index (κ2) is 4.72. The van der Waals surface area contributed by atoms with Crippen LogP contribution in [0.5, 0.6) is 5.75 Å². The highest BCUT2D eigenvalue weighted by molar-refractivity contribution is 7.71. The van der Waals surface area contributed by atoms with Crippen molar-refractivity contribution >= 4 is 23.8 Å². The number of ether oxygens (including phenoxy) is 1. The van der Waals surface area contributed by atoms with Crippen molar-refractivity contribution in [1.82, 2.24) is 9.97 Å². The van der Waals surface area contributed by atoms with Gasteiger partial charge in [0.15, 0.2) is 4.77 Å². The number of aromatic nitrogens is 2. The molecule has 0 spiro atoms. The number of benzene rings is 1. The van der Waals surface area contributed by atoms with Gasteiger partial charge in [-0.15, -0.1) is 0 Å². The van der Waals surface area contributed by atoms with Crippen LogP contribution >= 0.6 is 23.8 Å². The second-order valence-electron chi connectivity index (χ2n) is 3.23. The molecule has 16 heavy (non-hydrogen) atoms. The number of nitrogens with one attached hydrogen (secondary N) is 2. The van der Waals surface area contributed by atoms with Crippen LogP contribution in [0.15, 0.2) is 24.4 Å². The maximum atomic E-state index is 6.09. The van der Waals surface area contributed by atoms with E-state index in [1.54, 1.807) is 0 Å². The highest BCUT2D eigenvalue weighted by atomic mass is 35.5. The summed E-state index contributed by atoms with van der Waals surface area (Å²) in [6.07, 6.45) is 1.81. The molecule has 1 aromatic heterocycles. The van der Waals surface area contributed by atoms with Crippen molar-refractivity contribution in [3.63, 3.8) is 0 Å². The molecule has 2 rings (SSSR count). The summed E-state index contributed by atoms with van der Waals surface area (Å²) in [5.74, 6) is 0.696. The monoisotopic (exact) mass is 254 g/mol. The topological polar surface area (TPSA) is 40.8 Å². The predicted octanol–water partition coefficient (Wildman–Crippen LogP) is 3.79. The minimum atomic E-state index is 0.597. The molecule has 0 unspecified atom stereocenters. The lowest BCUT2D eigenvalue weighted by Gasteiger charge is -2.06. The fourth-order valence-corrected chi connectivity index (χ4v) is 1.83. The summed E-state index contributed by atoms with van der Waals surface area (Å²) in [6, 6.07) is 5.64. The summed E-state index contributed by atoms with van der Waals surface area (Å²) in [4.78, 5) is 5.94. The standard InChI is InChI=1S/C11H11ClN2OS/c1-2-15-10-4-3-7(5-8(10)12)9-6-13-11(16)14-9/h3-6H,2H2,1H3,(H2,13,14,16). The number of aromatic amines is 2. The number of imidazole rings is 1. The Bertz CT molecular complexity index is 547. The van der Waals surface area contributed by atoms with Gasteiger partial charge < -0.3 is 14.7 Å². The Labute approximate surface area is 103 Å². The lowest BCUT2D eigenvalue weighted by Crippen LogP contribution is -1.92. The van der Waals surface area contributed by atoms with Crippen molar-refractivity contribution in [2.75, 3.05) is 6.61 Å². The van der Waals surface area contributed by atoms with Crippen LogP contribution in [0.1, 0.15) is 6.92 Å². The Hall–Kier alpha value is -1.26. The van der Waals surface area contributed by atoms with Gasteiger partial charge in [-0.1, -0.05) is 11.6 Å². The van der Waals surface area contributed by atoms with Crippen LogP contribution < -0.4 is 4.74 Å². The number of hydrogen-bond acceptors (Lipinski definition) is 2. The molecule has 2 N–H and O–H groups in total. The molecule has 0 atom stereocenters. The molecule has 5 heteroatoms. The average molecular weight is 255 g/mol. The highest BCUT2D eigenvalue weighted by Crippen LogP contribution is 2.29. The molecule has 0 radical (unpaired) electrons. The van der Waals surface area contributed by atoms with E-state index in [-0.39, 0.29) is 0 Å². The van der Waals surface area contributed by atoms with Gasteiger partial charge in [-0.2, -0.15) is 0 Å². The van der Waals surface area contributed by atoms with Gasteiger partial charge in [0.25, 0.3) is 0 Å². The fourth-order valence-electron chi connectivity index (χ4n) is 1.43. The average Bonchev–Trinajstić information content (AvgIpc) is 2.68. The van der Waals surface area contributed by atoms with Gasteiger partial charge >= 0.3 is 0 Å². The minimum Gasteiger partial charge on any atom is -0.492 e. The third kappa shape index (κ3) is 2.28. The number of halogens is 1. The quantitative estimate of drug-likeness (QED) is 0.818. The van der Waals surface area contributed by atoms with Crippen molar-refractivity contribution in [2.45, 2.75) is 6.92 Å². The molecular weight excluding hydrogens is 244 g/mol. The molecule has 0 aliphatic rings. The summed E-state index contributed by atoms with van der Waals surface area (Å²) >= 11 is 11.1. The molecule has 0 fully saturated rings. The molecule has 1 aromatic carbocycles. The van der Waals surface area contributed by atoms with E-state index in [4.69, 9.17) is 28.6 Å². The number of H-pyrrole nitrogens is 2. The van der Waals surface area contributed by atoms with E-state index >= 15 is 0 Å². The molecule has 0 amide bonds. The van der Waals surface area contributed by atoms with Crippen molar-refractivity contribution in [2.24, 2.45) is 0 Å². The summed E-state index contributed by atoms with van der Waals surface area (Å²) in [5.41, 5.74) is 1.88. The van der Waals surface area contributed by atoms with Crippen molar-refractivity contribution in [3.8, 4) is 17.0 Å². The zero-order valence-corrected chi connectivity index (χ0v) is 10.3. The molecule has 0 aliphatic carbocycles. The van der Waals surface area contributed by atoms with E-state index in [1.807, 2.05) is 31.3 Å². The third-order valence-corrected chi connectivity index (χ3v) is 2.65.